The van der Waals surface area contributed by atoms with Crippen LogP contribution in [-0.4, -0.2) is 48.0 Å². The van der Waals surface area contributed by atoms with Crippen molar-refractivity contribution in [3.8, 4) is 0 Å². The van der Waals surface area contributed by atoms with Crippen molar-refractivity contribution in [3.63, 3.8) is 0 Å². The zero-order valence-electron chi connectivity index (χ0n) is 16.4. The maximum absolute atomic E-state index is 12.6. The van der Waals surface area contributed by atoms with Crippen LogP contribution >= 0.6 is 11.8 Å². The molecule has 1 aliphatic rings. The van der Waals surface area contributed by atoms with Gasteiger partial charge in [-0.2, -0.15) is 11.8 Å². The molecule has 2 aromatic carbocycles. The van der Waals surface area contributed by atoms with Crippen LogP contribution in [0.5, 0.6) is 0 Å². The summed E-state index contributed by atoms with van der Waals surface area (Å²) in [7, 11) is 0. The number of carbonyl (C=O) groups is 2. The van der Waals surface area contributed by atoms with Crippen molar-refractivity contribution < 1.29 is 19.2 Å². The molecule has 3 N–H and O–H groups in total. The number of thioether (sulfide) groups is 1. The highest BCUT2D eigenvalue weighted by atomic mass is 32.2. The minimum absolute atomic E-state index is 0.103. The van der Waals surface area contributed by atoms with Gasteiger partial charge in [-0.3, -0.25) is 14.9 Å². The number of nitrogens with one attached hydrogen (secondary N) is 1. The van der Waals surface area contributed by atoms with E-state index in [2.05, 4.69) is 10.2 Å². The number of benzene rings is 2. The molecule has 1 amide bonds. The molecule has 0 aromatic heterocycles. The molecule has 3 rings (SSSR count). The number of nitrogens with zero attached hydrogens (tertiary/aromatic N) is 2. The smallest absolute Gasteiger partial charge is 0.340 e. The average molecular weight is 430 g/mol. The Balaban J connectivity index is 1.65. The first kappa shape index (κ1) is 21.4. The fourth-order valence-electron chi connectivity index (χ4n) is 3.09. The fraction of sp³-hybridized carbons (Fsp3) is 0.300. The van der Waals surface area contributed by atoms with E-state index in [-0.39, 0.29) is 11.4 Å². The molecule has 0 atom stereocenters. The molecule has 0 aliphatic carbocycles. The number of amides is 1. The van der Waals surface area contributed by atoms with E-state index in [1.807, 2.05) is 11.8 Å². The Labute approximate surface area is 177 Å². The molecule has 2 aromatic rings. The van der Waals surface area contributed by atoms with Crippen LogP contribution in [0.3, 0.4) is 0 Å². The Morgan fingerprint density at radius 1 is 1.23 bits per heavy atom. The van der Waals surface area contributed by atoms with Gasteiger partial charge >= 0.3 is 5.97 Å². The van der Waals surface area contributed by atoms with Crippen LogP contribution < -0.4 is 16.0 Å². The Hall–Kier alpha value is -3.27. The molecule has 10 heteroatoms. The number of nitrogens with two attached hydrogens (primary N) is 1. The predicted octanol–water partition coefficient (Wildman–Crippen LogP) is 2.83. The first-order chi connectivity index (χ1) is 14.3. The third kappa shape index (κ3) is 5.20. The van der Waals surface area contributed by atoms with Crippen molar-refractivity contribution >= 4 is 46.4 Å². The summed E-state index contributed by atoms with van der Waals surface area (Å²) < 4.78 is 5.18. The molecule has 0 bridgehead atoms. The highest BCUT2D eigenvalue weighted by Gasteiger charge is 2.21. The number of hydrogen-bond acceptors (Lipinski definition) is 8. The van der Waals surface area contributed by atoms with Crippen molar-refractivity contribution in [1.82, 2.24) is 0 Å². The Kier molecular flexibility index (Phi) is 6.78. The summed E-state index contributed by atoms with van der Waals surface area (Å²) in [5.74, 6) is 0.676. The first-order valence-electron chi connectivity index (χ1n) is 9.29. The fourth-order valence-corrected chi connectivity index (χ4v) is 3.99. The van der Waals surface area contributed by atoms with Gasteiger partial charge in [0, 0.05) is 47.6 Å². The van der Waals surface area contributed by atoms with E-state index in [1.165, 1.54) is 12.1 Å². The van der Waals surface area contributed by atoms with E-state index < -0.39 is 23.4 Å². The lowest BCUT2D eigenvalue weighted by molar-refractivity contribution is -0.385. The third-order valence-corrected chi connectivity index (χ3v) is 5.56. The number of hydrogen-bond donors (Lipinski definition) is 2. The van der Waals surface area contributed by atoms with E-state index in [4.69, 9.17) is 10.5 Å². The van der Waals surface area contributed by atoms with Gasteiger partial charge in [-0.15, -0.1) is 0 Å². The van der Waals surface area contributed by atoms with Crippen LogP contribution in [0.15, 0.2) is 36.4 Å². The van der Waals surface area contributed by atoms with Crippen LogP contribution in [0.1, 0.15) is 15.9 Å². The van der Waals surface area contributed by atoms with Gasteiger partial charge in [0.1, 0.15) is 0 Å². The average Bonchev–Trinajstić information content (AvgIpc) is 2.73. The highest BCUT2D eigenvalue weighted by Crippen LogP contribution is 2.27. The van der Waals surface area contributed by atoms with E-state index in [0.717, 1.165) is 30.3 Å². The molecule has 30 heavy (non-hydrogen) atoms. The Morgan fingerprint density at radius 2 is 1.97 bits per heavy atom. The minimum atomic E-state index is -0.652. The lowest BCUT2D eigenvalue weighted by Crippen LogP contribution is -2.34. The van der Waals surface area contributed by atoms with Gasteiger partial charge < -0.3 is 20.7 Å². The van der Waals surface area contributed by atoms with E-state index in [1.54, 1.807) is 31.2 Å². The standard InChI is InChI=1S/C20H22N4O5S/c1-13-2-4-15(11-18(13)24(27)28)22-19(25)12-29-20(26)16-10-14(21)3-5-17(16)23-6-8-30-9-7-23/h2-5,10-11H,6-9,12,21H2,1H3,(H,22,25). The number of nitrogen functional groups attached to an aromatic ring is 1. The van der Waals surface area contributed by atoms with Gasteiger partial charge in [-0.05, 0) is 31.2 Å². The number of carbonyl (C=O) groups excluding carboxylic acids is 2. The number of rotatable bonds is 6. The molecule has 0 radical (unpaired) electrons. The third-order valence-electron chi connectivity index (χ3n) is 4.62. The van der Waals surface area contributed by atoms with Gasteiger partial charge in [0.05, 0.1) is 16.2 Å². The Bertz CT molecular complexity index is 976. The second-order valence-corrected chi connectivity index (χ2v) is 7.98. The molecule has 1 saturated heterocycles. The molecule has 0 saturated carbocycles. The normalized spacial score (nSPS) is 13.6. The molecule has 158 valence electrons. The van der Waals surface area contributed by atoms with Gasteiger partial charge in [-0.25, -0.2) is 4.79 Å². The molecule has 0 spiro atoms. The van der Waals surface area contributed by atoms with Crippen molar-refractivity contribution in [2.75, 3.05) is 47.2 Å². The maximum Gasteiger partial charge on any atom is 0.340 e. The SMILES string of the molecule is Cc1ccc(NC(=O)COC(=O)c2cc(N)ccc2N2CCSCC2)cc1[N+](=O)[O-]. The van der Waals surface area contributed by atoms with Gasteiger partial charge in [-0.1, -0.05) is 6.07 Å². The van der Waals surface area contributed by atoms with Gasteiger partial charge in [0.15, 0.2) is 6.61 Å². The molecular formula is C20H22N4O5S. The quantitative estimate of drug-likeness (QED) is 0.310. The monoisotopic (exact) mass is 430 g/mol. The predicted molar refractivity (Wildman–Crippen MR) is 117 cm³/mol. The number of anilines is 3. The van der Waals surface area contributed by atoms with E-state index in [0.29, 0.717) is 16.8 Å². The minimum Gasteiger partial charge on any atom is -0.452 e. The maximum atomic E-state index is 12.6. The lowest BCUT2D eigenvalue weighted by Gasteiger charge is -2.30. The molecule has 0 unspecified atom stereocenters. The van der Waals surface area contributed by atoms with Gasteiger partial charge in [0.25, 0.3) is 11.6 Å². The molecular weight excluding hydrogens is 408 g/mol. The first-order valence-corrected chi connectivity index (χ1v) is 10.4. The van der Waals surface area contributed by atoms with Crippen molar-refractivity contribution in [3.05, 3.63) is 57.6 Å². The van der Waals surface area contributed by atoms with Crippen molar-refractivity contribution in [2.24, 2.45) is 0 Å². The number of aryl methyl sites for hydroxylation is 1. The van der Waals surface area contributed by atoms with Crippen LogP contribution in [-0.2, 0) is 9.53 Å². The highest BCUT2D eigenvalue weighted by molar-refractivity contribution is 7.99. The second-order valence-electron chi connectivity index (χ2n) is 6.76. The number of esters is 1. The molecule has 1 fully saturated rings. The van der Waals surface area contributed by atoms with Crippen LogP contribution in [0, 0.1) is 17.0 Å². The van der Waals surface area contributed by atoms with Gasteiger partial charge in [0.2, 0.25) is 0 Å². The topological polar surface area (TPSA) is 128 Å². The summed E-state index contributed by atoms with van der Waals surface area (Å²) in [5, 5.41) is 13.5. The zero-order valence-corrected chi connectivity index (χ0v) is 17.2. The van der Waals surface area contributed by atoms with Crippen LogP contribution in [0.2, 0.25) is 0 Å². The van der Waals surface area contributed by atoms with Crippen LogP contribution in [0.4, 0.5) is 22.7 Å². The van der Waals surface area contributed by atoms with E-state index in [9.17, 15) is 19.7 Å². The van der Waals surface area contributed by atoms with Crippen molar-refractivity contribution in [1.29, 1.82) is 0 Å². The zero-order chi connectivity index (χ0) is 21.7. The summed E-state index contributed by atoms with van der Waals surface area (Å²) in [4.78, 5) is 37.4. The second kappa shape index (κ2) is 9.49. The summed E-state index contributed by atoms with van der Waals surface area (Å²) in [6, 6.07) is 9.40. The summed E-state index contributed by atoms with van der Waals surface area (Å²) in [6.45, 7) is 2.70. The molecule has 1 heterocycles. The summed E-state index contributed by atoms with van der Waals surface area (Å²) in [6.07, 6.45) is 0. The molecule has 1 aliphatic heterocycles. The summed E-state index contributed by atoms with van der Waals surface area (Å²) >= 11 is 1.85. The van der Waals surface area contributed by atoms with Crippen LogP contribution in [0.25, 0.3) is 0 Å². The summed E-state index contributed by atoms with van der Waals surface area (Å²) in [5.41, 5.74) is 7.93. The van der Waals surface area contributed by atoms with E-state index >= 15 is 0 Å². The molecule has 9 nitrogen and oxygen atoms in total. The van der Waals surface area contributed by atoms with Crippen molar-refractivity contribution in [2.45, 2.75) is 6.92 Å². The number of nitro groups is 1. The number of nitro benzene ring substituents is 1. The number of ether oxygens (including phenoxy) is 1. The largest absolute Gasteiger partial charge is 0.452 e. The lowest BCUT2D eigenvalue weighted by atomic mass is 10.1. The Morgan fingerprint density at radius 3 is 2.67 bits per heavy atom.